The molecule has 0 aliphatic carbocycles. The van der Waals surface area contributed by atoms with Crippen molar-refractivity contribution in [2.45, 2.75) is 0 Å². The van der Waals surface area contributed by atoms with Gasteiger partial charge in [0, 0.05) is 31.7 Å². The first-order valence-electron chi connectivity index (χ1n) is 6.55. The Labute approximate surface area is 124 Å². The van der Waals surface area contributed by atoms with Gasteiger partial charge in [0.1, 0.15) is 0 Å². The molecule has 20 heavy (non-hydrogen) atoms. The molecule has 1 saturated heterocycles. The lowest BCUT2D eigenvalue weighted by Gasteiger charge is -2.26. The Morgan fingerprint density at radius 2 is 2.20 bits per heavy atom. The smallest absolute Gasteiger partial charge is 0.252 e. The van der Waals surface area contributed by atoms with Gasteiger partial charge in [-0.2, -0.15) is 0 Å². The highest BCUT2D eigenvalue weighted by molar-refractivity contribution is 6.33. The minimum atomic E-state index is -0.194. The first-order chi connectivity index (χ1) is 9.70. The molecule has 1 aliphatic rings. The molecule has 106 valence electrons. The SMILES string of the molecule is C#Cc1ccc(Cl)c(C(=O)NCCN2CCOCC2)c1. The molecule has 1 N–H and O–H groups in total. The predicted octanol–water partition coefficient (Wildman–Crippen LogP) is 1.38. The van der Waals surface area contributed by atoms with E-state index in [-0.39, 0.29) is 5.91 Å². The molecule has 0 unspecified atom stereocenters. The fourth-order valence-electron chi connectivity index (χ4n) is 2.04. The molecule has 0 spiro atoms. The number of rotatable bonds is 4. The van der Waals surface area contributed by atoms with Crippen molar-refractivity contribution >= 4 is 17.5 Å². The second-order valence-electron chi connectivity index (χ2n) is 4.55. The molecular weight excluding hydrogens is 276 g/mol. The van der Waals surface area contributed by atoms with Crippen molar-refractivity contribution in [1.82, 2.24) is 10.2 Å². The number of nitrogens with one attached hydrogen (secondary N) is 1. The third-order valence-corrected chi connectivity index (χ3v) is 3.52. The first-order valence-corrected chi connectivity index (χ1v) is 6.93. The molecular formula is C15H17ClN2O2. The fourth-order valence-corrected chi connectivity index (χ4v) is 2.24. The summed E-state index contributed by atoms with van der Waals surface area (Å²) in [5, 5.41) is 3.27. The number of carbonyl (C=O) groups is 1. The van der Waals surface area contributed by atoms with Gasteiger partial charge in [0.2, 0.25) is 0 Å². The summed E-state index contributed by atoms with van der Waals surface area (Å²) in [6.45, 7) is 4.71. The van der Waals surface area contributed by atoms with Gasteiger partial charge >= 0.3 is 0 Å². The Morgan fingerprint density at radius 1 is 1.45 bits per heavy atom. The van der Waals surface area contributed by atoms with E-state index < -0.39 is 0 Å². The highest BCUT2D eigenvalue weighted by atomic mass is 35.5. The second kappa shape index (κ2) is 7.30. The van der Waals surface area contributed by atoms with Gasteiger partial charge in [-0.3, -0.25) is 9.69 Å². The average molecular weight is 293 g/mol. The zero-order valence-corrected chi connectivity index (χ0v) is 11.9. The summed E-state index contributed by atoms with van der Waals surface area (Å²) in [5.41, 5.74) is 1.07. The third kappa shape index (κ3) is 3.97. The molecule has 0 aromatic heterocycles. The van der Waals surface area contributed by atoms with Crippen LogP contribution in [0.4, 0.5) is 0 Å². The van der Waals surface area contributed by atoms with Crippen molar-refractivity contribution < 1.29 is 9.53 Å². The van der Waals surface area contributed by atoms with E-state index in [0.29, 0.717) is 22.7 Å². The summed E-state index contributed by atoms with van der Waals surface area (Å²) in [5.74, 6) is 2.30. The Balaban J connectivity index is 1.87. The van der Waals surface area contributed by atoms with Gasteiger partial charge in [-0.25, -0.2) is 0 Å². The van der Waals surface area contributed by atoms with E-state index in [1.807, 2.05) is 0 Å². The van der Waals surface area contributed by atoms with Crippen LogP contribution in [0.2, 0.25) is 5.02 Å². The van der Waals surface area contributed by atoms with E-state index in [1.165, 1.54) is 0 Å². The van der Waals surface area contributed by atoms with Crippen molar-refractivity contribution in [3.05, 3.63) is 34.3 Å². The summed E-state index contributed by atoms with van der Waals surface area (Å²) in [6, 6.07) is 4.99. The van der Waals surface area contributed by atoms with Crippen LogP contribution in [0, 0.1) is 12.3 Å². The highest BCUT2D eigenvalue weighted by Gasteiger charge is 2.13. The van der Waals surface area contributed by atoms with E-state index in [9.17, 15) is 4.79 Å². The van der Waals surface area contributed by atoms with Gasteiger partial charge in [-0.15, -0.1) is 6.42 Å². The first kappa shape index (κ1) is 14.9. The Morgan fingerprint density at radius 3 is 2.90 bits per heavy atom. The maximum Gasteiger partial charge on any atom is 0.252 e. The number of terminal acetylenes is 1. The number of halogens is 1. The van der Waals surface area contributed by atoms with E-state index in [4.69, 9.17) is 22.8 Å². The van der Waals surface area contributed by atoms with Crippen LogP contribution in [-0.2, 0) is 4.74 Å². The molecule has 1 fully saturated rings. The summed E-state index contributed by atoms with van der Waals surface area (Å²) >= 11 is 6.02. The molecule has 0 radical (unpaired) electrons. The molecule has 0 atom stereocenters. The van der Waals surface area contributed by atoms with Gasteiger partial charge in [0.05, 0.1) is 23.8 Å². The number of nitrogens with zero attached hydrogens (tertiary/aromatic N) is 1. The zero-order chi connectivity index (χ0) is 14.4. The minimum absolute atomic E-state index is 0.194. The quantitative estimate of drug-likeness (QED) is 0.853. The van der Waals surface area contributed by atoms with E-state index >= 15 is 0 Å². The number of ether oxygens (including phenoxy) is 1. The van der Waals surface area contributed by atoms with E-state index in [1.54, 1.807) is 18.2 Å². The summed E-state index contributed by atoms with van der Waals surface area (Å²) < 4.78 is 5.27. The summed E-state index contributed by atoms with van der Waals surface area (Å²) in [6.07, 6.45) is 5.32. The van der Waals surface area contributed by atoms with Crippen LogP contribution in [0.3, 0.4) is 0 Å². The topological polar surface area (TPSA) is 41.6 Å². The second-order valence-corrected chi connectivity index (χ2v) is 4.96. The molecule has 1 amide bonds. The van der Waals surface area contributed by atoms with Crippen molar-refractivity contribution in [2.75, 3.05) is 39.4 Å². The molecule has 1 aliphatic heterocycles. The normalized spacial score (nSPS) is 15.6. The van der Waals surface area contributed by atoms with Crippen molar-refractivity contribution in [3.63, 3.8) is 0 Å². The molecule has 2 rings (SSSR count). The fraction of sp³-hybridized carbons (Fsp3) is 0.400. The van der Waals surface area contributed by atoms with Gasteiger partial charge in [0.15, 0.2) is 0 Å². The summed E-state index contributed by atoms with van der Waals surface area (Å²) in [7, 11) is 0. The molecule has 5 heteroatoms. The maximum absolute atomic E-state index is 12.1. The van der Waals surface area contributed by atoms with E-state index in [2.05, 4.69) is 16.1 Å². The van der Waals surface area contributed by atoms with Gasteiger partial charge in [0.25, 0.3) is 5.91 Å². The standard InChI is InChI=1S/C15H17ClN2O2/c1-2-12-3-4-14(16)13(11-12)15(19)17-5-6-18-7-9-20-10-8-18/h1,3-4,11H,5-10H2,(H,17,19). The molecule has 0 bridgehead atoms. The van der Waals surface area contributed by atoms with Crippen molar-refractivity contribution in [1.29, 1.82) is 0 Å². The lowest BCUT2D eigenvalue weighted by Crippen LogP contribution is -2.41. The number of hydrogen-bond acceptors (Lipinski definition) is 3. The lowest BCUT2D eigenvalue weighted by atomic mass is 10.1. The number of amides is 1. The van der Waals surface area contributed by atoms with Crippen LogP contribution in [0.1, 0.15) is 15.9 Å². The Hall–Kier alpha value is -1.54. The maximum atomic E-state index is 12.1. The lowest BCUT2D eigenvalue weighted by molar-refractivity contribution is 0.0383. The number of benzene rings is 1. The van der Waals surface area contributed by atoms with Gasteiger partial charge < -0.3 is 10.1 Å². The average Bonchev–Trinajstić information content (AvgIpc) is 2.48. The van der Waals surface area contributed by atoms with Crippen LogP contribution >= 0.6 is 11.6 Å². The Bertz CT molecular complexity index is 519. The van der Waals surface area contributed by atoms with Crippen LogP contribution in [-0.4, -0.2) is 50.2 Å². The monoisotopic (exact) mass is 292 g/mol. The Kier molecular flexibility index (Phi) is 5.42. The minimum Gasteiger partial charge on any atom is -0.379 e. The predicted molar refractivity (Wildman–Crippen MR) is 79.0 cm³/mol. The number of hydrogen-bond donors (Lipinski definition) is 1. The summed E-state index contributed by atoms with van der Waals surface area (Å²) in [4.78, 5) is 14.3. The molecule has 0 saturated carbocycles. The van der Waals surface area contributed by atoms with Gasteiger partial charge in [-0.05, 0) is 18.2 Å². The van der Waals surface area contributed by atoms with Gasteiger partial charge in [-0.1, -0.05) is 17.5 Å². The van der Waals surface area contributed by atoms with Crippen LogP contribution < -0.4 is 5.32 Å². The van der Waals surface area contributed by atoms with Crippen molar-refractivity contribution in [3.8, 4) is 12.3 Å². The van der Waals surface area contributed by atoms with Crippen LogP contribution in [0.25, 0.3) is 0 Å². The van der Waals surface area contributed by atoms with Crippen LogP contribution in [0.15, 0.2) is 18.2 Å². The van der Waals surface area contributed by atoms with Crippen molar-refractivity contribution in [2.24, 2.45) is 0 Å². The van der Waals surface area contributed by atoms with E-state index in [0.717, 1.165) is 32.8 Å². The highest BCUT2D eigenvalue weighted by Crippen LogP contribution is 2.17. The largest absolute Gasteiger partial charge is 0.379 e. The molecule has 1 aromatic carbocycles. The zero-order valence-electron chi connectivity index (χ0n) is 11.2. The number of morpholine rings is 1. The number of carbonyl (C=O) groups excluding carboxylic acids is 1. The third-order valence-electron chi connectivity index (χ3n) is 3.19. The molecule has 4 nitrogen and oxygen atoms in total. The molecule has 1 aromatic rings. The van der Waals surface area contributed by atoms with Crippen LogP contribution in [0.5, 0.6) is 0 Å². The molecule has 1 heterocycles.